The molecule has 1 fully saturated rings. The van der Waals surface area contributed by atoms with Crippen LogP contribution in [0.25, 0.3) is 0 Å². The molecule has 0 bridgehead atoms. The predicted octanol–water partition coefficient (Wildman–Crippen LogP) is 3.68. The third-order valence-corrected chi connectivity index (χ3v) is 5.64. The smallest absolute Gasteiger partial charge is 0.408 e. The summed E-state index contributed by atoms with van der Waals surface area (Å²) in [6.45, 7) is 12.2. The van der Waals surface area contributed by atoms with E-state index in [9.17, 15) is 14.7 Å². The topological polar surface area (TPSA) is 99.1 Å². The average molecular weight is 470 g/mol. The lowest BCUT2D eigenvalue weighted by Crippen LogP contribution is -2.56. The van der Waals surface area contributed by atoms with Gasteiger partial charge in [-0.1, -0.05) is 44.2 Å². The Morgan fingerprint density at radius 3 is 2.29 bits per heavy atom. The Morgan fingerprint density at radius 2 is 1.74 bits per heavy atom. The van der Waals surface area contributed by atoms with E-state index in [0.717, 1.165) is 5.82 Å². The van der Waals surface area contributed by atoms with Crippen molar-refractivity contribution in [1.29, 1.82) is 0 Å². The molecule has 1 aromatic carbocycles. The number of ether oxygens (including phenoxy) is 1. The molecule has 1 N–H and O–H groups in total. The Kier molecular flexibility index (Phi) is 7.96. The highest BCUT2D eigenvalue weighted by atomic mass is 16.5. The molecular weight excluding hydrogens is 434 g/mol. The molecule has 2 amide bonds. The van der Waals surface area contributed by atoms with Crippen molar-refractivity contribution in [2.24, 2.45) is 5.92 Å². The maximum absolute atomic E-state index is 13.7. The first-order valence-electron chi connectivity index (χ1n) is 11.6. The number of piperazine rings is 1. The fourth-order valence-corrected chi connectivity index (χ4v) is 3.98. The van der Waals surface area contributed by atoms with Crippen LogP contribution < -0.4 is 9.64 Å². The maximum Gasteiger partial charge on any atom is 0.408 e. The highest BCUT2D eigenvalue weighted by Crippen LogP contribution is 2.31. The van der Waals surface area contributed by atoms with Crippen LogP contribution in [-0.2, 0) is 4.79 Å². The number of aromatic nitrogens is 2. The first-order valence-corrected chi connectivity index (χ1v) is 11.6. The van der Waals surface area contributed by atoms with E-state index in [0.29, 0.717) is 50.1 Å². The van der Waals surface area contributed by atoms with Crippen LogP contribution in [0, 0.1) is 5.92 Å². The minimum atomic E-state index is -1.12. The minimum absolute atomic E-state index is 0.216. The minimum Gasteiger partial charge on any atom is -0.477 e. The van der Waals surface area contributed by atoms with Gasteiger partial charge in [-0.2, -0.15) is 0 Å². The number of carbonyl (C=O) groups is 2. The third-order valence-electron chi connectivity index (χ3n) is 5.64. The molecule has 0 aliphatic carbocycles. The van der Waals surface area contributed by atoms with E-state index >= 15 is 0 Å². The van der Waals surface area contributed by atoms with Gasteiger partial charge in [-0.05, 0) is 32.3 Å². The highest BCUT2D eigenvalue weighted by molar-refractivity contribution is 5.87. The van der Waals surface area contributed by atoms with Gasteiger partial charge >= 0.3 is 6.09 Å². The second-order valence-electron chi connectivity index (χ2n) is 9.87. The lowest BCUT2D eigenvalue weighted by atomic mass is 9.97. The SMILES string of the molecule is CC(C)COc1cc(N2CCN(C(=O)[C@H](c3ccccc3)N(C(=O)O)C(C)(C)C)CC2)ncn1. The van der Waals surface area contributed by atoms with Gasteiger partial charge in [0.05, 0.1) is 6.61 Å². The molecule has 1 aromatic heterocycles. The van der Waals surface area contributed by atoms with Crippen molar-refractivity contribution in [2.45, 2.75) is 46.2 Å². The van der Waals surface area contributed by atoms with Gasteiger partial charge in [-0.25, -0.2) is 14.8 Å². The van der Waals surface area contributed by atoms with Gasteiger partial charge in [0.25, 0.3) is 0 Å². The van der Waals surface area contributed by atoms with Gasteiger partial charge in [-0.15, -0.1) is 0 Å². The molecule has 9 nitrogen and oxygen atoms in total. The molecule has 1 atom stereocenters. The van der Waals surface area contributed by atoms with Crippen molar-refractivity contribution in [1.82, 2.24) is 19.8 Å². The second-order valence-corrected chi connectivity index (χ2v) is 9.87. The predicted molar refractivity (Wildman–Crippen MR) is 130 cm³/mol. The summed E-state index contributed by atoms with van der Waals surface area (Å²) >= 11 is 0. The summed E-state index contributed by atoms with van der Waals surface area (Å²) in [7, 11) is 0. The maximum atomic E-state index is 13.7. The number of benzene rings is 1. The molecule has 0 radical (unpaired) electrons. The van der Waals surface area contributed by atoms with Gasteiger partial charge in [0, 0.05) is 37.8 Å². The Labute approximate surface area is 201 Å². The Balaban J connectivity index is 1.76. The molecule has 1 saturated heterocycles. The zero-order valence-electron chi connectivity index (χ0n) is 20.6. The summed E-state index contributed by atoms with van der Waals surface area (Å²) in [6.07, 6.45) is 0.366. The lowest BCUT2D eigenvalue weighted by molar-refractivity contribution is -0.138. The largest absolute Gasteiger partial charge is 0.477 e. The fourth-order valence-electron chi connectivity index (χ4n) is 3.98. The molecule has 2 aromatic rings. The summed E-state index contributed by atoms with van der Waals surface area (Å²) in [4.78, 5) is 39.6. The number of rotatable bonds is 7. The highest BCUT2D eigenvalue weighted by Gasteiger charge is 2.41. The Bertz CT molecular complexity index is 969. The first kappa shape index (κ1) is 25.3. The van der Waals surface area contributed by atoms with Gasteiger partial charge in [0.15, 0.2) is 0 Å². The van der Waals surface area contributed by atoms with Crippen molar-refractivity contribution < 1.29 is 19.4 Å². The number of nitrogens with zero attached hydrogens (tertiary/aromatic N) is 5. The van der Waals surface area contributed by atoms with Gasteiger partial charge in [-0.3, -0.25) is 9.69 Å². The van der Waals surface area contributed by atoms with E-state index in [1.807, 2.05) is 24.3 Å². The zero-order chi connectivity index (χ0) is 24.9. The molecule has 9 heteroatoms. The summed E-state index contributed by atoms with van der Waals surface area (Å²) < 4.78 is 5.72. The van der Waals surface area contributed by atoms with E-state index in [4.69, 9.17) is 4.74 Å². The van der Waals surface area contributed by atoms with Crippen molar-refractivity contribution in [3.8, 4) is 5.88 Å². The summed E-state index contributed by atoms with van der Waals surface area (Å²) in [5.74, 6) is 1.46. The number of carboxylic acid groups (broad SMARTS) is 1. The van der Waals surface area contributed by atoms with E-state index in [2.05, 4.69) is 28.7 Å². The van der Waals surface area contributed by atoms with E-state index < -0.39 is 17.7 Å². The van der Waals surface area contributed by atoms with Gasteiger partial charge < -0.3 is 19.6 Å². The normalized spacial score (nSPS) is 15.2. The third kappa shape index (κ3) is 6.15. The summed E-state index contributed by atoms with van der Waals surface area (Å²) in [5.41, 5.74) is -0.0908. The first-order chi connectivity index (χ1) is 16.1. The van der Waals surface area contributed by atoms with E-state index in [-0.39, 0.29) is 5.91 Å². The molecule has 0 saturated carbocycles. The number of anilines is 1. The van der Waals surface area contributed by atoms with E-state index in [1.54, 1.807) is 37.8 Å². The number of hydrogen-bond donors (Lipinski definition) is 1. The van der Waals surface area contributed by atoms with Crippen LogP contribution in [0.15, 0.2) is 42.7 Å². The molecule has 2 heterocycles. The van der Waals surface area contributed by atoms with Crippen LogP contribution in [0.5, 0.6) is 5.88 Å². The monoisotopic (exact) mass is 469 g/mol. The number of carbonyl (C=O) groups excluding carboxylic acids is 1. The molecule has 1 aliphatic heterocycles. The summed E-state index contributed by atoms with van der Waals surface area (Å²) in [6, 6.07) is 10.0. The molecule has 184 valence electrons. The van der Waals surface area contributed by atoms with Crippen LogP contribution in [0.2, 0.25) is 0 Å². The Morgan fingerprint density at radius 1 is 1.09 bits per heavy atom. The Hall–Kier alpha value is -3.36. The van der Waals surface area contributed by atoms with Crippen molar-refractivity contribution >= 4 is 17.8 Å². The fraction of sp³-hybridized carbons (Fsp3) is 0.520. The molecule has 3 rings (SSSR count). The molecular formula is C25H35N5O4. The molecule has 0 unspecified atom stereocenters. The lowest BCUT2D eigenvalue weighted by Gasteiger charge is -2.43. The van der Waals surface area contributed by atoms with Crippen molar-refractivity contribution in [3.05, 3.63) is 48.3 Å². The summed E-state index contributed by atoms with van der Waals surface area (Å²) in [5, 5.41) is 10.0. The second kappa shape index (κ2) is 10.7. The van der Waals surface area contributed by atoms with Crippen LogP contribution in [0.3, 0.4) is 0 Å². The standard InChI is InChI=1S/C25H35N5O4/c1-18(2)16-34-21-15-20(26-17-27-21)28-11-13-29(14-12-28)23(31)22(19-9-7-6-8-10-19)30(24(32)33)25(3,4)5/h6-10,15,17-18,22H,11-14,16H2,1-5H3,(H,32,33)/t22-/m0/s1. The number of amides is 2. The molecule has 1 aliphatic rings. The van der Waals surface area contributed by atoms with Crippen LogP contribution >= 0.6 is 0 Å². The van der Waals surface area contributed by atoms with Crippen molar-refractivity contribution in [2.75, 3.05) is 37.7 Å². The van der Waals surface area contributed by atoms with Crippen LogP contribution in [-0.4, -0.2) is 75.2 Å². The van der Waals surface area contributed by atoms with Crippen LogP contribution in [0.4, 0.5) is 10.6 Å². The van der Waals surface area contributed by atoms with E-state index in [1.165, 1.54) is 11.2 Å². The zero-order valence-corrected chi connectivity index (χ0v) is 20.6. The molecule has 0 spiro atoms. The van der Waals surface area contributed by atoms with Crippen LogP contribution in [0.1, 0.15) is 46.2 Å². The van der Waals surface area contributed by atoms with Gasteiger partial charge in [0.2, 0.25) is 11.8 Å². The quantitative estimate of drug-likeness (QED) is 0.660. The number of hydrogen-bond acceptors (Lipinski definition) is 6. The van der Waals surface area contributed by atoms with Gasteiger partial charge in [0.1, 0.15) is 18.2 Å². The van der Waals surface area contributed by atoms with Crippen molar-refractivity contribution in [3.63, 3.8) is 0 Å². The molecule has 34 heavy (non-hydrogen) atoms. The average Bonchev–Trinajstić information content (AvgIpc) is 2.80.